The molecule has 0 spiro atoms. The van der Waals surface area contributed by atoms with Crippen molar-refractivity contribution in [2.24, 2.45) is 5.92 Å². The van der Waals surface area contributed by atoms with Crippen molar-refractivity contribution >= 4 is 33.5 Å². The number of methoxy groups -OCH3 is 1. The number of fused-ring (bicyclic) bond motifs is 1. The first-order chi connectivity index (χ1) is 11.3. The predicted octanol–water partition coefficient (Wildman–Crippen LogP) is 2.31. The lowest BCUT2D eigenvalue weighted by atomic mass is 10.2. The molecule has 0 saturated heterocycles. The van der Waals surface area contributed by atoms with E-state index >= 15 is 0 Å². The van der Waals surface area contributed by atoms with Crippen molar-refractivity contribution in [3.63, 3.8) is 0 Å². The number of aromatic nitrogens is 2. The van der Waals surface area contributed by atoms with Gasteiger partial charge in [-0.15, -0.1) is 11.3 Å². The third-order valence-electron chi connectivity index (χ3n) is 3.56. The van der Waals surface area contributed by atoms with Gasteiger partial charge in [0.05, 0.1) is 25.4 Å². The molecule has 0 radical (unpaired) electrons. The Bertz CT molecular complexity index is 837. The van der Waals surface area contributed by atoms with Crippen molar-refractivity contribution in [2.45, 2.75) is 33.7 Å². The van der Waals surface area contributed by atoms with E-state index in [0.717, 1.165) is 11.3 Å². The molecule has 0 N–H and O–H groups in total. The second kappa shape index (κ2) is 7.12. The number of rotatable bonds is 5. The number of carbonyl (C=O) groups is 2. The van der Waals surface area contributed by atoms with Gasteiger partial charge in [0.2, 0.25) is 0 Å². The number of hydrogen-bond acceptors (Lipinski definition) is 7. The molecule has 0 saturated carbocycles. The third kappa shape index (κ3) is 3.33. The van der Waals surface area contributed by atoms with Crippen molar-refractivity contribution in [1.82, 2.24) is 9.55 Å². The molecule has 130 valence electrons. The Balaban J connectivity index is 2.44. The van der Waals surface area contributed by atoms with Gasteiger partial charge < -0.3 is 9.47 Å². The van der Waals surface area contributed by atoms with Crippen LogP contribution in [0, 0.1) is 12.8 Å². The van der Waals surface area contributed by atoms with Gasteiger partial charge in [0.25, 0.3) is 5.56 Å². The Kier molecular flexibility index (Phi) is 5.38. The monoisotopic (exact) mass is 352 g/mol. The normalized spacial score (nSPS) is 12.4. The summed E-state index contributed by atoms with van der Waals surface area (Å²) in [7, 11) is 1.28. The van der Waals surface area contributed by atoms with Crippen LogP contribution in [0.1, 0.15) is 42.0 Å². The summed E-state index contributed by atoms with van der Waals surface area (Å²) in [6.45, 7) is 7.40. The Morgan fingerprint density at radius 3 is 2.58 bits per heavy atom. The number of esters is 2. The van der Waals surface area contributed by atoms with Gasteiger partial charge >= 0.3 is 11.9 Å². The Morgan fingerprint density at radius 1 is 1.33 bits per heavy atom. The van der Waals surface area contributed by atoms with Crippen molar-refractivity contribution in [1.29, 1.82) is 0 Å². The quantitative estimate of drug-likeness (QED) is 0.768. The van der Waals surface area contributed by atoms with E-state index in [4.69, 9.17) is 9.47 Å². The zero-order chi connectivity index (χ0) is 18.0. The summed E-state index contributed by atoms with van der Waals surface area (Å²) in [6.07, 6.45) is 1.31. The highest BCUT2D eigenvalue weighted by molar-refractivity contribution is 7.20. The SMILES string of the molecule is COC(=O)c1sc2ncn([C@H](C)C(=O)OCC(C)C)c(=O)c2c1C. The predicted molar refractivity (Wildman–Crippen MR) is 90.5 cm³/mol. The van der Waals surface area contributed by atoms with Gasteiger partial charge in [-0.1, -0.05) is 13.8 Å². The van der Waals surface area contributed by atoms with E-state index in [2.05, 4.69) is 4.98 Å². The second-order valence-corrected chi connectivity index (χ2v) is 6.88. The first kappa shape index (κ1) is 18.1. The maximum absolute atomic E-state index is 12.7. The minimum atomic E-state index is -0.797. The van der Waals surface area contributed by atoms with E-state index < -0.39 is 18.0 Å². The number of thiophene rings is 1. The first-order valence-corrected chi connectivity index (χ1v) is 8.34. The molecule has 0 bridgehead atoms. The maximum atomic E-state index is 12.7. The average Bonchev–Trinajstić information content (AvgIpc) is 2.89. The van der Waals surface area contributed by atoms with Crippen LogP contribution in [0.4, 0.5) is 0 Å². The van der Waals surface area contributed by atoms with E-state index in [1.54, 1.807) is 13.8 Å². The molecular weight excluding hydrogens is 332 g/mol. The van der Waals surface area contributed by atoms with Gasteiger partial charge in [-0.05, 0) is 25.3 Å². The highest BCUT2D eigenvalue weighted by Crippen LogP contribution is 2.27. The lowest BCUT2D eigenvalue weighted by Gasteiger charge is -2.15. The van der Waals surface area contributed by atoms with Gasteiger partial charge in [0.1, 0.15) is 15.7 Å². The first-order valence-electron chi connectivity index (χ1n) is 7.53. The summed E-state index contributed by atoms with van der Waals surface area (Å²) >= 11 is 1.10. The van der Waals surface area contributed by atoms with Crippen LogP contribution in [0.15, 0.2) is 11.1 Å². The van der Waals surface area contributed by atoms with Crippen LogP contribution in [0.25, 0.3) is 10.2 Å². The fourth-order valence-corrected chi connectivity index (χ4v) is 3.24. The second-order valence-electron chi connectivity index (χ2n) is 5.88. The molecule has 2 aromatic rings. The summed E-state index contributed by atoms with van der Waals surface area (Å²) in [4.78, 5) is 41.6. The summed E-state index contributed by atoms with van der Waals surface area (Å²) in [5, 5.41) is 0.325. The third-order valence-corrected chi connectivity index (χ3v) is 4.74. The molecule has 0 aliphatic heterocycles. The van der Waals surface area contributed by atoms with Gasteiger partial charge in [-0.2, -0.15) is 0 Å². The topological polar surface area (TPSA) is 87.5 Å². The highest BCUT2D eigenvalue weighted by Gasteiger charge is 2.23. The molecule has 0 aromatic carbocycles. The highest BCUT2D eigenvalue weighted by atomic mass is 32.1. The molecule has 0 fully saturated rings. The van der Waals surface area contributed by atoms with Crippen molar-refractivity contribution in [3.8, 4) is 0 Å². The molecule has 2 rings (SSSR count). The standard InChI is InChI=1S/C16H20N2O5S/c1-8(2)6-23-15(20)10(4)18-7-17-13-11(14(18)19)9(3)12(24-13)16(21)22-5/h7-8,10H,6H2,1-5H3/t10-/m1/s1. The molecule has 8 heteroatoms. The van der Waals surface area contributed by atoms with Gasteiger partial charge in [0.15, 0.2) is 0 Å². The van der Waals surface area contributed by atoms with E-state index in [-0.39, 0.29) is 18.1 Å². The van der Waals surface area contributed by atoms with E-state index in [9.17, 15) is 14.4 Å². The molecule has 0 aliphatic rings. The van der Waals surface area contributed by atoms with Crippen LogP contribution in [-0.2, 0) is 14.3 Å². The van der Waals surface area contributed by atoms with Crippen LogP contribution >= 0.6 is 11.3 Å². The molecule has 0 unspecified atom stereocenters. The lowest BCUT2D eigenvalue weighted by Crippen LogP contribution is -2.30. The molecular formula is C16H20N2O5S. The number of ether oxygens (including phenoxy) is 2. The van der Waals surface area contributed by atoms with Crippen molar-refractivity contribution < 1.29 is 19.1 Å². The average molecular weight is 352 g/mol. The number of carbonyl (C=O) groups excluding carboxylic acids is 2. The maximum Gasteiger partial charge on any atom is 0.348 e. The Labute approximate surface area is 143 Å². The van der Waals surface area contributed by atoms with Gasteiger partial charge in [-0.3, -0.25) is 9.36 Å². The van der Waals surface area contributed by atoms with Crippen LogP contribution in [0.5, 0.6) is 0 Å². The molecule has 24 heavy (non-hydrogen) atoms. The van der Waals surface area contributed by atoms with E-state index in [0.29, 0.717) is 20.7 Å². The molecule has 2 heterocycles. The van der Waals surface area contributed by atoms with Gasteiger partial charge in [-0.25, -0.2) is 14.6 Å². The molecule has 0 aliphatic carbocycles. The smallest absolute Gasteiger partial charge is 0.348 e. The summed E-state index contributed by atoms with van der Waals surface area (Å²) < 4.78 is 11.1. The van der Waals surface area contributed by atoms with Crippen molar-refractivity contribution in [2.75, 3.05) is 13.7 Å². The molecule has 1 atom stereocenters. The van der Waals surface area contributed by atoms with Gasteiger partial charge in [0, 0.05) is 0 Å². The van der Waals surface area contributed by atoms with E-state index in [1.165, 1.54) is 18.0 Å². The Morgan fingerprint density at radius 2 is 2.00 bits per heavy atom. The van der Waals surface area contributed by atoms with E-state index in [1.807, 2.05) is 13.8 Å². The number of aryl methyl sites for hydroxylation is 1. The summed E-state index contributed by atoms with van der Waals surface area (Å²) in [5.74, 6) is -0.793. The fraction of sp³-hybridized carbons (Fsp3) is 0.500. The zero-order valence-electron chi connectivity index (χ0n) is 14.3. The zero-order valence-corrected chi connectivity index (χ0v) is 15.1. The van der Waals surface area contributed by atoms with Crippen LogP contribution < -0.4 is 5.56 Å². The van der Waals surface area contributed by atoms with Crippen molar-refractivity contribution in [3.05, 3.63) is 27.1 Å². The largest absolute Gasteiger partial charge is 0.465 e. The summed E-state index contributed by atoms with van der Waals surface area (Å²) in [6, 6.07) is -0.797. The van der Waals surface area contributed by atoms with Crippen LogP contribution in [0.2, 0.25) is 0 Å². The van der Waals surface area contributed by atoms with Crippen LogP contribution in [-0.4, -0.2) is 35.2 Å². The molecule has 2 aromatic heterocycles. The Hall–Kier alpha value is -2.22. The summed E-state index contributed by atoms with van der Waals surface area (Å²) in [5.41, 5.74) is 0.134. The minimum Gasteiger partial charge on any atom is -0.465 e. The molecule has 7 nitrogen and oxygen atoms in total. The number of hydrogen-bond donors (Lipinski definition) is 0. The number of nitrogens with zero attached hydrogens (tertiary/aromatic N) is 2. The van der Waals surface area contributed by atoms with Crippen LogP contribution in [0.3, 0.4) is 0 Å². The minimum absolute atomic E-state index is 0.209. The lowest BCUT2D eigenvalue weighted by molar-refractivity contribution is -0.148. The molecule has 0 amide bonds. The fourth-order valence-electron chi connectivity index (χ4n) is 2.18.